The number of rotatable bonds is 4. The lowest BCUT2D eigenvalue weighted by Crippen LogP contribution is -2.20. The number of primary amides is 1. The number of hydrogen-bond acceptors (Lipinski definition) is 5. The van der Waals surface area contributed by atoms with Crippen molar-refractivity contribution < 1.29 is 14.8 Å². The maximum atomic E-state index is 10.8. The zero-order valence-corrected chi connectivity index (χ0v) is 7.08. The first-order chi connectivity index (χ1) is 6.57. The molecule has 0 aromatic carbocycles. The predicted molar refractivity (Wildman–Crippen MR) is 44.5 cm³/mol. The molecule has 1 aromatic rings. The second-order valence-corrected chi connectivity index (χ2v) is 2.44. The molecule has 8 heteroatoms. The molecule has 1 aromatic heterocycles. The third-order valence-corrected chi connectivity index (χ3v) is 1.57. The van der Waals surface area contributed by atoms with E-state index in [-0.39, 0.29) is 24.8 Å². The lowest BCUT2D eigenvalue weighted by molar-refractivity contribution is -0.392. The van der Waals surface area contributed by atoms with Crippen LogP contribution in [0.3, 0.4) is 0 Å². The van der Waals surface area contributed by atoms with Gasteiger partial charge in [0.2, 0.25) is 0 Å². The summed E-state index contributed by atoms with van der Waals surface area (Å²) in [4.78, 5) is 24.0. The lowest BCUT2D eigenvalue weighted by atomic mass is 10.5. The van der Waals surface area contributed by atoms with Gasteiger partial charge in [0.05, 0.1) is 6.61 Å². The average Bonchev–Trinajstić information content (AvgIpc) is 2.48. The van der Waals surface area contributed by atoms with Crippen LogP contribution in [-0.2, 0) is 6.54 Å². The van der Waals surface area contributed by atoms with Gasteiger partial charge in [0, 0.05) is 0 Å². The molecule has 0 aliphatic heterocycles. The molecular weight excluding hydrogens is 192 g/mol. The summed E-state index contributed by atoms with van der Waals surface area (Å²) in [5.74, 6) is -1.47. The minimum atomic E-state index is -0.869. The van der Waals surface area contributed by atoms with Crippen LogP contribution in [0.15, 0.2) is 6.20 Å². The Bertz CT molecular complexity index is 340. The van der Waals surface area contributed by atoms with Crippen LogP contribution in [0.5, 0.6) is 0 Å². The fourth-order valence-corrected chi connectivity index (χ4v) is 1.03. The van der Waals surface area contributed by atoms with E-state index in [4.69, 9.17) is 10.8 Å². The van der Waals surface area contributed by atoms with Gasteiger partial charge < -0.3 is 21.0 Å². The third-order valence-electron chi connectivity index (χ3n) is 1.57. The highest BCUT2D eigenvalue weighted by molar-refractivity contribution is 5.89. The number of aromatic nitrogens is 2. The van der Waals surface area contributed by atoms with Crippen molar-refractivity contribution in [1.29, 1.82) is 0 Å². The number of amides is 1. The van der Waals surface area contributed by atoms with Gasteiger partial charge in [-0.15, -0.1) is 0 Å². The SMILES string of the molecule is NC(=O)c1ncc([N+](=O)[O-])n1CCO. The number of nitrogens with zero attached hydrogens (tertiary/aromatic N) is 3. The van der Waals surface area contributed by atoms with Crippen molar-refractivity contribution in [2.45, 2.75) is 6.54 Å². The summed E-state index contributed by atoms with van der Waals surface area (Å²) in [7, 11) is 0. The van der Waals surface area contributed by atoms with Crippen molar-refractivity contribution in [1.82, 2.24) is 9.55 Å². The molecule has 14 heavy (non-hydrogen) atoms. The highest BCUT2D eigenvalue weighted by Crippen LogP contribution is 2.13. The van der Waals surface area contributed by atoms with Gasteiger partial charge in [0.1, 0.15) is 12.7 Å². The molecule has 76 valence electrons. The number of carbonyl (C=O) groups is 1. The second-order valence-electron chi connectivity index (χ2n) is 2.44. The Kier molecular flexibility index (Phi) is 2.77. The highest BCUT2D eigenvalue weighted by Gasteiger charge is 2.22. The van der Waals surface area contributed by atoms with E-state index >= 15 is 0 Å². The van der Waals surface area contributed by atoms with E-state index in [1.54, 1.807) is 0 Å². The van der Waals surface area contributed by atoms with E-state index in [9.17, 15) is 14.9 Å². The molecule has 1 rings (SSSR count). The number of aliphatic hydroxyl groups excluding tert-OH is 1. The van der Waals surface area contributed by atoms with Crippen molar-refractivity contribution in [3.8, 4) is 0 Å². The lowest BCUT2D eigenvalue weighted by Gasteiger charge is -1.99. The molecule has 0 spiro atoms. The molecular formula is C6H8N4O4. The summed E-state index contributed by atoms with van der Waals surface area (Å²) in [5.41, 5.74) is 4.93. The van der Waals surface area contributed by atoms with Gasteiger partial charge in [-0.2, -0.15) is 4.57 Å². The number of nitrogens with two attached hydrogens (primary N) is 1. The Labute approximate surface area is 78.1 Å². The predicted octanol–water partition coefficient (Wildman–Crippen LogP) is -1.12. The Hall–Kier alpha value is -1.96. The monoisotopic (exact) mass is 200 g/mol. The van der Waals surface area contributed by atoms with E-state index in [1.807, 2.05) is 0 Å². The number of nitro groups is 1. The van der Waals surface area contributed by atoms with Gasteiger partial charge in [0.15, 0.2) is 0 Å². The van der Waals surface area contributed by atoms with Crippen LogP contribution in [-0.4, -0.2) is 32.1 Å². The van der Waals surface area contributed by atoms with Gasteiger partial charge >= 0.3 is 11.7 Å². The molecule has 1 amide bonds. The smallest absolute Gasteiger partial charge is 0.343 e. The minimum absolute atomic E-state index is 0.0887. The molecule has 0 aliphatic carbocycles. The number of carbonyl (C=O) groups excluding carboxylic acids is 1. The van der Waals surface area contributed by atoms with E-state index in [0.717, 1.165) is 10.8 Å². The van der Waals surface area contributed by atoms with Gasteiger partial charge in [-0.05, 0) is 4.92 Å². The average molecular weight is 200 g/mol. The van der Waals surface area contributed by atoms with Gasteiger partial charge in [-0.3, -0.25) is 4.79 Å². The van der Waals surface area contributed by atoms with E-state index in [1.165, 1.54) is 0 Å². The molecule has 0 saturated carbocycles. The molecule has 0 aliphatic rings. The summed E-state index contributed by atoms with van der Waals surface area (Å²) >= 11 is 0. The van der Waals surface area contributed by atoms with Gasteiger partial charge in [-0.1, -0.05) is 0 Å². The van der Waals surface area contributed by atoms with Crippen molar-refractivity contribution >= 4 is 11.7 Å². The maximum Gasteiger partial charge on any atom is 0.343 e. The summed E-state index contributed by atoms with van der Waals surface area (Å²) in [6.45, 7) is -0.425. The summed E-state index contributed by atoms with van der Waals surface area (Å²) in [5, 5.41) is 19.1. The standard InChI is InChI=1S/C6H8N4O4/c7-5(12)6-8-3-4(10(13)14)9(6)1-2-11/h3,11H,1-2H2,(H2,7,12). The topological polar surface area (TPSA) is 124 Å². The fraction of sp³-hybridized carbons (Fsp3) is 0.333. The number of hydrogen-bond donors (Lipinski definition) is 2. The summed E-state index contributed by atoms with van der Waals surface area (Å²) in [6, 6.07) is 0. The van der Waals surface area contributed by atoms with Gasteiger partial charge in [0.25, 0.3) is 5.82 Å². The quantitative estimate of drug-likeness (QED) is 0.470. The van der Waals surface area contributed by atoms with Crippen LogP contribution in [0.4, 0.5) is 5.82 Å². The first-order valence-electron chi connectivity index (χ1n) is 3.68. The zero-order valence-electron chi connectivity index (χ0n) is 7.08. The molecule has 0 saturated heterocycles. The Morgan fingerprint density at radius 1 is 1.79 bits per heavy atom. The van der Waals surface area contributed by atoms with Crippen LogP contribution >= 0.6 is 0 Å². The Balaban J connectivity index is 3.19. The Morgan fingerprint density at radius 3 is 2.86 bits per heavy atom. The van der Waals surface area contributed by atoms with Crippen molar-refractivity contribution in [3.63, 3.8) is 0 Å². The molecule has 1 heterocycles. The molecule has 0 atom stereocenters. The van der Waals surface area contributed by atoms with Crippen LogP contribution in [0, 0.1) is 10.1 Å². The third kappa shape index (κ3) is 1.69. The van der Waals surface area contributed by atoms with E-state index in [0.29, 0.717) is 0 Å². The highest BCUT2D eigenvalue weighted by atomic mass is 16.6. The van der Waals surface area contributed by atoms with Crippen LogP contribution in [0.1, 0.15) is 10.6 Å². The van der Waals surface area contributed by atoms with Crippen LogP contribution < -0.4 is 5.73 Å². The van der Waals surface area contributed by atoms with Crippen LogP contribution in [0.25, 0.3) is 0 Å². The zero-order chi connectivity index (χ0) is 10.7. The Morgan fingerprint density at radius 2 is 2.43 bits per heavy atom. The van der Waals surface area contributed by atoms with E-state index in [2.05, 4.69) is 4.98 Å². The fourth-order valence-electron chi connectivity index (χ4n) is 1.03. The number of aliphatic hydroxyl groups is 1. The van der Waals surface area contributed by atoms with E-state index < -0.39 is 10.8 Å². The van der Waals surface area contributed by atoms with Crippen molar-refractivity contribution in [2.24, 2.45) is 5.73 Å². The van der Waals surface area contributed by atoms with Gasteiger partial charge in [-0.25, -0.2) is 4.98 Å². The minimum Gasteiger partial charge on any atom is -0.392 e. The first kappa shape index (κ1) is 10.1. The largest absolute Gasteiger partial charge is 0.392 e. The molecule has 0 fully saturated rings. The molecule has 0 radical (unpaired) electrons. The first-order valence-corrected chi connectivity index (χ1v) is 3.68. The maximum absolute atomic E-state index is 10.8. The van der Waals surface area contributed by atoms with Crippen molar-refractivity contribution in [2.75, 3.05) is 6.61 Å². The summed E-state index contributed by atoms with van der Waals surface area (Å²) in [6.07, 6.45) is 0.926. The molecule has 8 nitrogen and oxygen atoms in total. The molecule has 0 bridgehead atoms. The molecule has 3 N–H and O–H groups in total. The normalized spacial score (nSPS) is 10.1. The number of imidazole rings is 1. The molecule has 0 unspecified atom stereocenters. The van der Waals surface area contributed by atoms with Crippen molar-refractivity contribution in [3.05, 3.63) is 22.1 Å². The summed E-state index contributed by atoms with van der Waals surface area (Å²) < 4.78 is 0.961. The second kappa shape index (κ2) is 3.83. The van der Waals surface area contributed by atoms with Crippen LogP contribution in [0.2, 0.25) is 0 Å².